The van der Waals surface area contributed by atoms with Crippen LogP contribution < -0.4 is 0 Å². The highest BCUT2D eigenvalue weighted by molar-refractivity contribution is 5.35. The summed E-state index contributed by atoms with van der Waals surface area (Å²) >= 11 is 0. The summed E-state index contributed by atoms with van der Waals surface area (Å²) in [5.41, 5.74) is 0.442. The number of imidazole rings is 1. The molecule has 6 nitrogen and oxygen atoms in total. The van der Waals surface area contributed by atoms with Gasteiger partial charge in [-0.25, -0.2) is 4.98 Å². The molecule has 0 N–H and O–H groups in total. The molecule has 0 bridgehead atoms. The van der Waals surface area contributed by atoms with Crippen molar-refractivity contribution in [1.29, 1.82) is 10.5 Å². The Morgan fingerprint density at radius 2 is 2.33 bits per heavy atom. The second-order valence-corrected chi connectivity index (χ2v) is 4.03. The number of hydrogen-bond acceptors (Lipinski definition) is 5. The lowest BCUT2D eigenvalue weighted by molar-refractivity contribution is -0.163. The molecule has 2 heterocycles. The van der Waals surface area contributed by atoms with Crippen molar-refractivity contribution in [1.82, 2.24) is 9.55 Å². The Morgan fingerprint density at radius 3 is 3.00 bits per heavy atom. The summed E-state index contributed by atoms with van der Waals surface area (Å²) in [4.78, 5) is 3.86. The normalized spacial score (nSPS) is 19.1. The molecule has 1 fully saturated rings. The summed E-state index contributed by atoms with van der Waals surface area (Å²) in [5.74, 6) is 0. The summed E-state index contributed by atoms with van der Waals surface area (Å²) in [7, 11) is 0. The zero-order valence-corrected chi connectivity index (χ0v) is 10.0. The summed E-state index contributed by atoms with van der Waals surface area (Å²) in [6, 6.07) is 3.86. The summed E-state index contributed by atoms with van der Waals surface area (Å²) in [5, 5.41) is 17.7. The van der Waals surface area contributed by atoms with E-state index in [1.807, 2.05) is 12.1 Å². The van der Waals surface area contributed by atoms with E-state index in [0.29, 0.717) is 13.2 Å². The number of hydrogen-bond donors (Lipinski definition) is 0. The molecule has 1 aliphatic rings. The van der Waals surface area contributed by atoms with E-state index in [4.69, 9.17) is 20.0 Å². The van der Waals surface area contributed by atoms with Crippen LogP contribution in [0, 0.1) is 22.7 Å². The van der Waals surface area contributed by atoms with Gasteiger partial charge >= 0.3 is 0 Å². The van der Waals surface area contributed by atoms with Gasteiger partial charge in [0.2, 0.25) is 0 Å². The average molecular weight is 246 g/mol. The van der Waals surface area contributed by atoms with E-state index in [9.17, 15) is 0 Å². The van der Waals surface area contributed by atoms with Gasteiger partial charge in [-0.1, -0.05) is 0 Å². The molecule has 0 radical (unpaired) electrons. The van der Waals surface area contributed by atoms with E-state index in [-0.39, 0.29) is 17.7 Å². The van der Waals surface area contributed by atoms with Crippen molar-refractivity contribution < 1.29 is 9.47 Å². The van der Waals surface area contributed by atoms with Gasteiger partial charge in [-0.05, 0) is 19.3 Å². The van der Waals surface area contributed by atoms with Gasteiger partial charge in [0.1, 0.15) is 12.1 Å². The monoisotopic (exact) mass is 246 g/mol. The maximum absolute atomic E-state index is 8.94. The number of nitriles is 2. The van der Waals surface area contributed by atoms with Gasteiger partial charge in [-0.3, -0.25) is 0 Å². The van der Waals surface area contributed by atoms with Crippen molar-refractivity contribution in [3.63, 3.8) is 0 Å². The highest BCUT2D eigenvalue weighted by Crippen LogP contribution is 2.13. The first-order valence-corrected chi connectivity index (χ1v) is 5.93. The second-order valence-electron chi connectivity index (χ2n) is 4.03. The lowest BCUT2D eigenvalue weighted by Crippen LogP contribution is -2.24. The third-order valence-corrected chi connectivity index (χ3v) is 2.82. The van der Waals surface area contributed by atoms with Gasteiger partial charge < -0.3 is 14.0 Å². The van der Waals surface area contributed by atoms with Gasteiger partial charge in [-0.15, -0.1) is 0 Å². The van der Waals surface area contributed by atoms with Gasteiger partial charge in [0.05, 0.1) is 12.9 Å². The minimum Gasteiger partial charge on any atom is -0.353 e. The lowest BCUT2D eigenvalue weighted by Gasteiger charge is -2.22. The molecule has 1 atom stereocenters. The number of aromatic nitrogens is 2. The van der Waals surface area contributed by atoms with Crippen LogP contribution in [0.5, 0.6) is 0 Å². The van der Waals surface area contributed by atoms with Gasteiger partial charge in [0, 0.05) is 13.2 Å². The predicted molar refractivity (Wildman–Crippen MR) is 61.2 cm³/mol. The molecule has 1 aromatic heterocycles. The minimum absolute atomic E-state index is 0.136. The third kappa shape index (κ3) is 2.86. The predicted octanol–water partition coefficient (Wildman–Crippen LogP) is 1.17. The SMILES string of the molecule is N#Cc1ncn(CCO[C@@H]2CCCCO2)c1C#N. The van der Waals surface area contributed by atoms with Crippen LogP contribution in [0.25, 0.3) is 0 Å². The fourth-order valence-electron chi connectivity index (χ4n) is 1.88. The Hall–Kier alpha value is -1.89. The lowest BCUT2D eigenvalue weighted by atomic mass is 10.2. The van der Waals surface area contributed by atoms with Crippen LogP contribution in [-0.2, 0) is 16.0 Å². The van der Waals surface area contributed by atoms with Crippen LogP contribution in [0.4, 0.5) is 0 Å². The first kappa shape index (κ1) is 12.6. The summed E-state index contributed by atoms with van der Waals surface area (Å²) in [6.45, 7) is 1.69. The maximum atomic E-state index is 8.94. The largest absolute Gasteiger partial charge is 0.353 e. The Balaban J connectivity index is 1.85. The van der Waals surface area contributed by atoms with E-state index < -0.39 is 0 Å². The van der Waals surface area contributed by atoms with Crippen molar-refractivity contribution in [3.05, 3.63) is 17.7 Å². The summed E-state index contributed by atoms with van der Waals surface area (Å²) < 4.78 is 12.6. The van der Waals surface area contributed by atoms with Gasteiger partial charge in [0.15, 0.2) is 17.7 Å². The van der Waals surface area contributed by atoms with Crippen molar-refractivity contribution >= 4 is 0 Å². The van der Waals surface area contributed by atoms with Crippen LogP contribution in [0.15, 0.2) is 6.33 Å². The quantitative estimate of drug-likeness (QED) is 0.796. The number of ether oxygens (including phenoxy) is 2. The Morgan fingerprint density at radius 1 is 1.44 bits per heavy atom. The highest BCUT2D eigenvalue weighted by Gasteiger charge is 2.14. The third-order valence-electron chi connectivity index (χ3n) is 2.82. The van der Waals surface area contributed by atoms with Crippen LogP contribution in [0.1, 0.15) is 30.7 Å². The first-order valence-electron chi connectivity index (χ1n) is 5.93. The Labute approximate surface area is 105 Å². The molecule has 0 unspecified atom stereocenters. The van der Waals surface area contributed by atoms with Crippen molar-refractivity contribution in [2.45, 2.75) is 32.1 Å². The van der Waals surface area contributed by atoms with Gasteiger partial charge in [0.25, 0.3) is 0 Å². The zero-order chi connectivity index (χ0) is 12.8. The molecule has 0 aliphatic carbocycles. The van der Waals surface area contributed by atoms with Gasteiger partial charge in [-0.2, -0.15) is 10.5 Å². The molecule has 2 rings (SSSR count). The topological polar surface area (TPSA) is 83.9 Å². The molecular formula is C12H14N4O2. The highest BCUT2D eigenvalue weighted by atomic mass is 16.7. The van der Waals surface area contributed by atoms with Crippen molar-refractivity contribution in [2.75, 3.05) is 13.2 Å². The molecule has 0 aromatic carbocycles. The standard InChI is InChI=1S/C12H14N4O2/c13-7-10-11(8-14)16(9-15-10)4-6-18-12-3-1-2-5-17-12/h9,12H,1-6H2/t12-/m1/s1. The fraction of sp³-hybridized carbons (Fsp3) is 0.583. The molecule has 1 aliphatic heterocycles. The van der Waals surface area contributed by atoms with Crippen LogP contribution >= 0.6 is 0 Å². The summed E-state index contributed by atoms with van der Waals surface area (Å²) in [6.07, 6.45) is 4.48. The average Bonchev–Trinajstić information content (AvgIpc) is 2.82. The van der Waals surface area contributed by atoms with Crippen molar-refractivity contribution in [3.8, 4) is 12.1 Å². The fourth-order valence-corrected chi connectivity index (χ4v) is 1.88. The molecule has 18 heavy (non-hydrogen) atoms. The Kier molecular flexibility index (Phi) is 4.30. The van der Waals surface area contributed by atoms with E-state index in [2.05, 4.69) is 4.98 Å². The zero-order valence-electron chi connectivity index (χ0n) is 10.0. The van der Waals surface area contributed by atoms with E-state index in [0.717, 1.165) is 25.9 Å². The second kappa shape index (κ2) is 6.15. The molecular weight excluding hydrogens is 232 g/mol. The molecule has 94 valence electrons. The number of rotatable bonds is 4. The van der Waals surface area contributed by atoms with E-state index in [1.165, 1.54) is 6.33 Å². The van der Waals surface area contributed by atoms with Crippen LogP contribution in [0.2, 0.25) is 0 Å². The van der Waals surface area contributed by atoms with Crippen LogP contribution in [0.3, 0.4) is 0 Å². The van der Waals surface area contributed by atoms with E-state index >= 15 is 0 Å². The number of nitrogens with zero attached hydrogens (tertiary/aromatic N) is 4. The van der Waals surface area contributed by atoms with E-state index in [1.54, 1.807) is 4.57 Å². The molecule has 1 saturated heterocycles. The molecule has 0 saturated carbocycles. The maximum Gasteiger partial charge on any atom is 0.176 e. The molecule has 6 heteroatoms. The molecule has 0 spiro atoms. The molecule has 1 aromatic rings. The Bertz CT molecular complexity index is 477. The molecule has 0 amide bonds. The smallest absolute Gasteiger partial charge is 0.176 e. The first-order chi connectivity index (χ1) is 8.85. The van der Waals surface area contributed by atoms with Crippen LogP contribution in [-0.4, -0.2) is 29.1 Å². The minimum atomic E-state index is -0.136. The van der Waals surface area contributed by atoms with Crippen molar-refractivity contribution in [2.24, 2.45) is 0 Å².